The number of fused-ring (bicyclic) bond motifs is 3. The van der Waals surface area contributed by atoms with E-state index in [9.17, 15) is 23.1 Å². The smallest absolute Gasteiger partial charge is 0.310 e. The molecule has 5 rings (SSSR count). The molecule has 1 aliphatic heterocycles. The molecule has 3 aliphatic carbocycles. The van der Waals surface area contributed by atoms with Gasteiger partial charge in [0, 0.05) is 18.7 Å². The van der Waals surface area contributed by atoms with Crippen LogP contribution in [0.15, 0.2) is 36.4 Å². The van der Waals surface area contributed by atoms with Gasteiger partial charge in [-0.3, -0.25) is 14.1 Å². The molecule has 1 spiro atoms. The number of aliphatic carboxylic acids is 1. The zero-order chi connectivity index (χ0) is 24.1. The molecule has 0 amide bonds. The Morgan fingerprint density at radius 3 is 2.55 bits per heavy atom. The first-order chi connectivity index (χ1) is 15.4. The second-order valence-electron chi connectivity index (χ2n) is 10.7. The van der Waals surface area contributed by atoms with Crippen molar-refractivity contribution in [2.75, 3.05) is 17.6 Å². The standard InChI is InChI=1S/C15H17NO2.C10H16O4S/c17-14(18)12-5-3-7-15(12)8-9-16-13-6-2-1-4-11(13)10-15;1-9(2)7-3-4-10(9,8(11)5-7)6-15(12,13)14/h1-6,12,16H,7-10H2,(H,17,18);7H,3-6H2,1-2H3,(H,12,13,14)/t12?,15-;7-,10-/m00/s1. The van der Waals surface area contributed by atoms with Crippen LogP contribution >= 0.6 is 0 Å². The zero-order valence-corrected chi connectivity index (χ0v) is 20.0. The summed E-state index contributed by atoms with van der Waals surface area (Å²) in [5.41, 5.74) is 1.15. The minimum Gasteiger partial charge on any atom is -0.481 e. The summed E-state index contributed by atoms with van der Waals surface area (Å²) in [6, 6.07) is 8.22. The molecule has 1 aromatic carbocycles. The van der Waals surface area contributed by atoms with Crippen LogP contribution < -0.4 is 5.32 Å². The SMILES string of the molecule is CC1(C)[C@H]2CC[C@]1(CS(=O)(=O)O)C(=O)C2.O=C(O)C1C=CC[C@@]12CCNc1ccccc1C2. The van der Waals surface area contributed by atoms with Crippen molar-refractivity contribution >= 4 is 27.6 Å². The third-order valence-electron chi connectivity index (χ3n) is 8.84. The fraction of sp³-hybridized carbons (Fsp3) is 0.600. The van der Waals surface area contributed by atoms with Gasteiger partial charge in [-0.25, -0.2) is 0 Å². The predicted molar refractivity (Wildman–Crippen MR) is 126 cm³/mol. The summed E-state index contributed by atoms with van der Waals surface area (Å²) in [4.78, 5) is 23.3. The van der Waals surface area contributed by atoms with Crippen molar-refractivity contribution in [3.8, 4) is 0 Å². The summed E-state index contributed by atoms with van der Waals surface area (Å²) in [7, 11) is -4.08. The van der Waals surface area contributed by atoms with Gasteiger partial charge in [-0.2, -0.15) is 8.42 Å². The van der Waals surface area contributed by atoms with E-state index in [2.05, 4.69) is 17.4 Å². The highest BCUT2D eigenvalue weighted by atomic mass is 32.2. The van der Waals surface area contributed by atoms with E-state index in [-0.39, 0.29) is 28.4 Å². The minimum absolute atomic E-state index is 0.0152. The van der Waals surface area contributed by atoms with Gasteiger partial charge in [0.25, 0.3) is 10.1 Å². The number of carboxylic acids is 1. The summed E-state index contributed by atoms with van der Waals surface area (Å²) < 4.78 is 31.0. The number of rotatable bonds is 3. The first kappa shape index (κ1) is 24.0. The van der Waals surface area contributed by atoms with E-state index in [0.717, 1.165) is 37.9 Å². The normalized spacial score (nSPS) is 33.7. The molecular formula is C25H33NO6S. The molecule has 33 heavy (non-hydrogen) atoms. The number of carboxylic acid groups (broad SMARTS) is 1. The Morgan fingerprint density at radius 2 is 1.94 bits per heavy atom. The Labute approximate surface area is 195 Å². The summed E-state index contributed by atoms with van der Waals surface area (Å²) in [6.45, 7) is 4.74. The molecule has 1 unspecified atom stereocenters. The van der Waals surface area contributed by atoms with Crippen LogP contribution in [0.4, 0.5) is 5.69 Å². The van der Waals surface area contributed by atoms with Crippen LogP contribution in [0.1, 0.15) is 51.5 Å². The number of anilines is 1. The molecule has 0 saturated heterocycles. The van der Waals surface area contributed by atoms with Gasteiger partial charge in [-0.15, -0.1) is 0 Å². The molecule has 0 radical (unpaired) electrons. The topological polar surface area (TPSA) is 121 Å². The predicted octanol–water partition coefficient (Wildman–Crippen LogP) is 3.96. The number of carbonyl (C=O) groups excluding carboxylic acids is 1. The van der Waals surface area contributed by atoms with Gasteiger partial charge in [-0.05, 0) is 60.5 Å². The van der Waals surface area contributed by atoms with E-state index in [1.807, 2.05) is 38.1 Å². The zero-order valence-electron chi connectivity index (χ0n) is 19.2. The summed E-state index contributed by atoms with van der Waals surface area (Å²) in [5, 5.41) is 12.8. The molecule has 2 saturated carbocycles. The maximum absolute atomic E-state index is 11.9. The number of ketones is 1. The van der Waals surface area contributed by atoms with E-state index < -0.39 is 27.3 Å². The third kappa shape index (κ3) is 4.12. The van der Waals surface area contributed by atoms with E-state index in [1.165, 1.54) is 5.56 Å². The van der Waals surface area contributed by atoms with Crippen LogP contribution in [0.25, 0.3) is 0 Å². The van der Waals surface area contributed by atoms with Gasteiger partial charge >= 0.3 is 5.97 Å². The van der Waals surface area contributed by atoms with E-state index >= 15 is 0 Å². The summed E-state index contributed by atoms with van der Waals surface area (Å²) >= 11 is 0. The molecule has 1 heterocycles. The number of hydrogen-bond donors (Lipinski definition) is 3. The molecule has 7 nitrogen and oxygen atoms in total. The van der Waals surface area contributed by atoms with Gasteiger partial charge in [0.2, 0.25) is 0 Å². The maximum atomic E-state index is 11.9. The van der Waals surface area contributed by atoms with Crippen molar-refractivity contribution in [2.24, 2.45) is 28.1 Å². The number of nitrogens with one attached hydrogen (secondary N) is 1. The average Bonchev–Trinajstić information content (AvgIpc) is 3.21. The summed E-state index contributed by atoms with van der Waals surface area (Å²) in [5.74, 6) is -1.13. The Balaban J connectivity index is 0.000000160. The number of hydrogen-bond acceptors (Lipinski definition) is 5. The fourth-order valence-corrected chi connectivity index (χ4v) is 8.03. The summed E-state index contributed by atoms with van der Waals surface area (Å²) in [6.07, 6.45) is 8.51. The van der Waals surface area contributed by atoms with Crippen LogP contribution in [-0.2, 0) is 26.1 Å². The van der Waals surface area contributed by atoms with E-state index in [4.69, 9.17) is 4.55 Å². The monoisotopic (exact) mass is 475 g/mol. The molecule has 2 fully saturated rings. The number of para-hydroxylation sites is 1. The molecule has 8 heteroatoms. The average molecular weight is 476 g/mol. The van der Waals surface area contributed by atoms with Crippen molar-refractivity contribution in [1.82, 2.24) is 0 Å². The van der Waals surface area contributed by atoms with Gasteiger partial charge in [0.15, 0.2) is 0 Å². The van der Waals surface area contributed by atoms with Crippen molar-refractivity contribution in [2.45, 2.75) is 52.4 Å². The Hall–Kier alpha value is -2.19. The molecule has 0 aromatic heterocycles. The Morgan fingerprint density at radius 1 is 1.21 bits per heavy atom. The largest absolute Gasteiger partial charge is 0.481 e. The highest BCUT2D eigenvalue weighted by molar-refractivity contribution is 7.85. The van der Waals surface area contributed by atoms with Gasteiger partial charge in [-0.1, -0.05) is 44.2 Å². The number of Topliss-reactive ketones (excluding diaryl/α,β-unsaturated/α-hetero) is 1. The lowest BCUT2D eigenvalue weighted by Gasteiger charge is -2.35. The van der Waals surface area contributed by atoms with E-state index in [1.54, 1.807) is 0 Å². The maximum Gasteiger partial charge on any atom is 0.310 e. The third-order valence-corrected chi connectivity index (χ3v) is 9.70. The number of benzene rings is 1. The van der Waals surface area contributed by atoms with Gasteiger partial charge < -0.3 is 10.4 Å². The molecule has 180 valence electrons. The van der Waals surface area contributed by atoms with Crippen molar-refractivity contribution < 1.29 is 27.7 Å². The lowest BCUT2D eigenvalue weighted by molar-refractivity contribution is -0.143. The van der Waals surface area contributed by atoms with Crippen molar-refractivity contribution in [1.29, 1.82) is 0 Å². The number of allylic oxidation sites excluding steroid dienone is 1. The molecular weight excluding hydrogens is 442 g/mol. The molecule has 4 aliphatic rings. The second kappa shape index (κ2) is 8.24. The van der Waals surface area contributed by atoms with Crippen molar-refractivity contribution in [3.05, 3.63) is 42.0 Å². The molecule has 1 aromatic rings. The second-order valence-corrected chi connectivity index (χ2v) is 12.2. The fourth-order valence-electron chi connectivity index (χ4n) is 6.73. The first-order valence-electron chi connectivity index (χ1n) is 11.6. The quantitative estimate of drug-likeness (QED) is 0.447. The van der Waals surface area contributed by atoms with Crippen LogP contribution in [0.3, 0.4) is 0 Å². The van der Waals surface area contributed by atoms with Crippen LogP contribution in [-0.4, -0.2) is 42.1 Å². The van der Waals surface area contributed by atoms with Gasteiger partial charge in [0.1, 0.15) is 5.78 Å². The molecule has 3 N–H and O–H groups in total. The number of carbonyl (C=O) groups is 2. The lowest BCUT2D eigenvalue weighted by Crippen LogP contribution is -2.42. The lowest BCUT2D eigenvalue weighted by atomic mass is 9.70. The van der Waals surface area contributed by atoms with Crippen LogP contribution in [0.2, 0.25) is 0 Å². The van der Waals surface area contributed by atoms with Gasteiger partial charge in [0.05, 0.1) is 17.1 Å². The van der Waals surface area contributed by atoms with E-state index in [0.29, 0.717) is 12.8 Å². The highest BCUT2D eigenvalue weighted by Gasteiger charge is 2.65. The molecule has 2 bridgehead atoms. The van der Waals surface area contributed by atoms with Crippen LogP contribution in [0, 0.1) is 28.1 Å². The van der Waals surface area contributed by atoms with Crippen LogP contribution in [0.5, 0.6) is 0 Å². The highest BCUT2D eigenvalue weighted by Crippen LogP contribution is 2.64. The van der Waals surface area contributed by atoms with Crippen molar-refractivity contribution in [3.63, 3.8) is 0 Å². The Kier molecular flexibility index (Phi) is 5.98. The Bertz CT molecular complexity index is 1090. The molecule has 4 atom stereocenters. The first-order valence-corrected chi connectivity index (χ1v) is 13.2. The minimum atomic E-state index is -4.08.